The molecule has 65 heavy (non-hydrogen) atoms. The topological polar surface area (TPSA) is 208 Å². The molecule has 6 rings (SSSR count). The number of phosphoric acid groups is 1. The number of benzene rings is 6. The van der Waals surface area contributed by atoms with Crippen LogP contribution in [0.5, 0.6) is 5.75 Å². The Hall–Kier alpha value is -6.70. The summed E-state index contributed by atoms with van der Waals surface area (Å²) >= 11 is 0. The number of rotatable bonds is 23. The first-order valence-corrected chi connectivity index (χ1v) is 22.8. The lowest BCUT2D eigenvalue weighted by molar-refractivity contribution is -0.133. The number of phosphoric ester groups is 1. The van der Waals surface area contributed by atoms with Crippen molar-refractivity contribution in [3.8, 4) is 5.75 Å². The summed E-state index contributed by atoms with van der Waals surface area (Å²) in [5.41, 5.74) is 3.86. The van der Waals surface area contributed by atoms with Crippen molar-refractivity contribution < 1.29 is 47.9 Å². The number of hydrogen-bond acceptors (Lipinski definition) is 8. The molecule has 4 unspecified atom stereocenters. The summed E-state index contributed by atoms with van der Waals surface area (Å²) in [6.45, 7) is 0.786. The summed E-state index contributed by atoms with van der Waals surface area (Å²) in [7, 11) is -4.83. The van der Waals surface area contributed by atoms with Gasteiger partial charge in [-0.2, -0.15) is 0 Å². The fraction of sp³-hybridized carbons (Fsp3) is 0.220. The van der Waals surface area contributed by atoms with Crippen LogP contribution in [0.15, 0.2) is 152 Å². The van der Waals surface area contributed by atoms with Gasteiger partial charge in [0.1, 0.15) is 5.75 Å². The van der Waals surface area contributed by atoms with E-state index < -0.39 is 56.3 Å². The molecule has 3 amide bonds. The van der Waals surface area contributed by atoms with E-state index in [1.165, 1.54) is 24.3 Å². The predicted octanol–water partition coefficient (Wildman–Crippen LogP) is 5.79. The summed E-state index contributed by atoms with van der Waals surface area (Å²) in [6, 6.07) is 42.3. The van der Waals surface area contributed by atoms with Gasteiger partial charge in [0.2, 0.25) is 18.2 Å². The molecule has 0 heterocycles. The molecule has 0 saturated heterocycles. The SMILES string of the molecule is CB(O)c1cccc(NC(=O)C(CC(=O)C(Cc2ccccc2)NC(=O)C(CC(=O)C(Cc2ccc3ccccc3c2)NC=O)Cc2ccccc2)Cc2ccc(OP(=O)(O)O)cc2)c1. The van der Waals surface area contributed by atoms with Gasteiger partial charge in [-0.1, -0.05) is 134 Å². The normalized spacial score (nSPS) is 13.1. The minimum absolute atomic E-state index is 0.0172. The van der Waals surface area contributed by atoms with Crippen molar-refractivity contribution in [1.29, 1.82) is 0 Å². The number of ketones is 2. The number of carbonyl (C=O) groups excluding carboxylic acids is 5. The van der Waals surface area contributed by atoms with Crippen molar-refractivity contribution in [2.45, 2.75) is 57.4 Å². The highest BCUT2D eigenvalue weighted by Gasteiger charge is 2.33. The van der Waals surface area contributed by atoms with Crippen LogP contribution in [0.4, 0.5) is 5.69 Å². The van der Waals surface area contributed by atoms with E-state index >= 15 is 0 Å². The third-order valence-electron chi connectivity index (χ3n) is 11.1. The molecule has 0 aliphatic heterocycles. The second-order valence-corrected chi connectivity index (χ2v) is 17.3. The van der Waals surface area contributed by atoms with Gasteiger partial charge in [-0.15, -0.1) is 0 Å². The van der Waals surface area contributed by atoms with E-state index in [1.54, 1.807) is 31.1 Å². The second kappa shape index (κ2) is 22.8. The quantitative estimate of drug-likeness (QED) is 0.0259. The van der Waals surface area contributed by atoms with E-state index in [1.807, 2.05) is 103 Å². The Bertz CT molecular complexity index is 2630. The van der Waals surface area contributed by atoms with Gasteiger partial charge in [0.15, 0.2) is 11.6 Å². The summed E-state index contributed by atoms with van der Waals surface area (Å²) in [6.07, 6.45) is 0.350. The molecule has 0 aromatic heterocycles. The predicted molar refractivity (Wildman–Crippen MR) is 250 cm³/mol. The molecule has 0 aliphatic carbocycles. The molecule has 0 radical (unpaired) electrons. The van der Waals surface area contributed by atoms with Crippen LogP contribution in [0, 0.1) is 11.8 Å². The second-order valence-electron chi connectivity index (χ2n) is 16.1. The summed E-state index contributed by atoms with van der Waals surface area (Å²) < 4.78 is 16.1. The average Bonchev–Trinajstić information content (AvgIpc) is 3.29. The summed E-state index contributed by atoms with van der Waals surface area (Å²) in [5, 5.41) is 20.7. The number of carbonyl (C=O) groups is 5. The number of Topliss-reactive ketones (excluding diaryl/α,β-unsaturated/α-hetero) is 2. The fourth-order valence-electron chi connectivity index (χ4n) is 7.75. The Morgan fingerprint density at radius 3 is 1.77 bits per heavy atom. The van der Waals surface area contributed by atoms with Crippen molar-refractivity contribution >= 4 is 66.5 Å². The van der Waals surface area contributed by atoms with Crippen molar-refractivity contribution in [3.05, 3.63) is 174 Å². The van der Waals surface area contributed by atoms with Gasteiger partial charge in [-0.25, -0.2) is 4.57 Å². The molecule has 0 aliphatic rings. The molecule has 15 heteroatoms. The molecule has 4 atom stereocenters. The summed E-state index contributed by atoms with van der Waals surface area (Å²) in [5.74, 6) is -3.93. The van der Waals surface area contributed by atoms with Gasteiger partial charge in [0.25, 0.3) is 0 Å². The third kappa shape index (κ3) is 14.7. The van der Waals surface area contributed by atoms with Crippen molar-refractivity contribution in [1.82, 2.24) is 10.6 Å². The smallest absolute Gasteiger partial charge is 0.446 e. The van der Waals surface area contributed by atoms with Gasteiger partial charge >= 0.3 is 14.7 Å². The molecule has 13 nitrogen and oxygen atoms in total. The first kappa shape index (κ1) is 47.8. The van der Waals surface area contributed by atoms with Crippen LogP contribution in [0.1, 0.15) is 35.1 Å². The zero-order valence-corrected chi connectivity index (χ0v) is 36.7. The molecule has 0 bridgehead atoms. The lowest BCUT2D eigenvalue weighted by Gasteiger charge is -2.25. The maximum atomic E-state index is 14.6. The van der Waals surface area contributed by atoms with E-state index in [-0.39, 0.29) is 50.1 Å². The van der Waals surface area contributed by atoms with Crippen molar-refractivity contribution in [2.75, 3.05) is 5.32 Å². The van der Waals surface area contributed by atoms with E-state index in [9.17, 15) is 43.3 Å². The Morgan fingerprint density at radius 1 is 0.615 bits per heavy atom. The van der Waals surface area contributed by atoms with Crippen LogP contribution in [0.3, 0.4) is 0 Å². The molecule has 6 aromatic rings. The minimum Gasteiger partial charge on any atom is -0.446 e. The first-order chi connectivity index (χ1) is 31.2. The van der Waals surface area contributed by atoms with Gasteiger partial charge < -0.3 is 25.5 Å². The maximum absolute atomic E-state index is 14.6. The molecular weight excluding hydrogens is 844 g/mol. The molecule has 0 saturated carbocycles. The minimum atomic E-state index is -4.83. The van der Waals surface area contributed by atoms with Gasteiger partial charge in [0.05, 0.1) is 12.1 Å². The molecule has 0 spiro atoms. The summed E-state index contributed by atoms with van der Waals surface area (Å²) in [4.78, 5) is 87.9. The van der Waals surface area contributed by atoms with Crippen molar-refractivity contribution in [3.63, 3.8) is 0 Å². The van der Waals surface area contributed by atoms with E-state index in [4.69, 9.17) is 0 Å². The Balaban J connectivity index is 1.27. The lowest BCUT2D eigenvalue weighted by atomic mass is 9.64. The van der Waals surface area contributed by atoms with Crippen LogP contribution >= 0.6 is 7.82 Å². The number of nitrogens with one attached hydrogen (secondary N) is 3. The van der Waals surface area contributed by atoms with E-state index in [2.05, 4.69) is 20.5 Å². The number of anilines is 1. The Kier molecular flexibility index (Phi) is 16.7. The highest BCUT2D eigenvalue weighted by molar-refractivity contribution is 7.46. The van der Waals surface area contributed by atoms with Gasteiger partial charge in [-0.05, 0) is 88.4 Å². The highest BCUT2D eigenvalue weighted by Crippen LogP contribution is 2.37. The van der Waals surface area contributed by atoms with E-state index in [0.717, 1.165) is 27.5 Å². The average molecular weight is 896 g/mol. The largest absolute Gasteiger partial charge is 0.524 e. The van der Waals surface area contributed by atoms with Crippen molar-refractivity contribution in [2.24, 2.45) is 11.8 Å². The lowest BCUT2D eigenvalue weighted by Crippen LogP contribution is -2.48. The molecule has 334 valence electrons. The van der Waals surface area contributed by atoms with Crippen LogP contribution in [-0.4, -0.2) is 63.6 Å². The van der Waals surface area contributed by atoms with Crippen LogP contribution in [0.25, 0.3) is 10.8 Å². The van der Waals surface area contributed by atoms with Crippen LogP contribution < -0.4 is 25.9 Å². The van der Waals surface area contributed by atoms with Gasteiger partial charge in [0, 0.05) is 30.4 Å². The molecule has 0 fully saturated rings. The molecule has 6 aromatic carbocycles. The first-order valence-electron chi connectivity index (χ1n) is 21.3. The van der Waals surface area contributed by atoms with Crippen LogP contribution in [-0.2, 0) is 54.2 Å². The standard InChI is InChI=1S/C50H51BN3O10P/c1-51(60)42-17-10-18-43(32-42)53-49(58)40(26-36-20-23-44(24-21-36)64-65(61,62)63)31-48(57)46(28-35-13-6-3-7-14-35)54-50(59)41(25-34-11-4-2-5-12-34)30-47(56)45(52-33-55)29-37-19-22-38-15-8-9-16-39(38)27-37/h2-24,27,32-33,40-41,45-46,60H,25-26,28-31H2,1H3,(H,52,55)(H,53,58)(H,54,59)(H2,61,62,63). The number of amides is 3. The highest BCUT2D eigenvalue weighted by atomic mass is 31.2. The third-order valence-corrected chi connectivity index (χ3v) is 11.6. The Labute approximate surface area is 378 Å². The fourth-order valence-corrected chi connectivity index (χ4v) is 8.14. The number of hydrogen-bond donors (Lipinski definition) is 6. The van der Waals surface area contributed by atoms with E-state index in [0.29, 0.717) is 23.1 Å². The van der Waals surface area contributed by atoms with Crippen LogP contribution in [0.2, 0.25) is 6.82 Å². The molecule has 6 N–H and O–H groups in total. The zero-order valence-electron chi connectivity index (χ0n) is 35.8. The monoisotopic (exact) mass is 895 g/mol. The van der Waals surface area contributed by atoms with Gasteiger partial charge in [-0.3, -0.25) is 33.8 Å². The zero-order chi connectivity index (χ0) is 46.3. The maximum Gasteiger partial charge on any atom is 0.524 e. The molecular formula is C50H51BN3O10P. The Morgan fingerprint density at radius 2 is 1.15 bits per heavy atom. The number of fused-ring (bicyclic) bond motifs is 1.